The zero-order valence-corrected chi connectivity index (χ0v) is 10.1. The van der Waals surface area contributed by atoms with Crippen molar-refractivity contribution in [2.45, 2.75) is 24.2 Å². The predicted octanol–water partition coefficient (Wildman–Crippen LogP) is 2.38. The number of halogens is 1. The van der Waals surface area contributed by atoms with Crippen LogP contribution in [-0.2, 0) is 16.3 Å². The van der Waals surface area contributed by atoms with E-state index in [1.54, 1.807) is 24.3 Å². The molecule has 16 heavy (non-hydrogen) atoms. The van der Waals surface area contributed by atoms with Crippen molar-refractivity contribution in [2.75, 3.05) is 12.9 Å². The molecule has 0 aliphatic heterocycles. The van der Waals surface area contributed by atoms with Crippen molar-refractivity contribution in [3.05, 3.63) is 29.8 Å². The number of hydrogen-bond donors (Lipinski definition) is 0. The minimum absolute atomic E-state index is 0.146. The highest BCUT2D eigenvalue weighted by molar-refractivity contribution is 7.90. The Hall–Kier alpha value is -0.900. The van der Waals surface area contributed by atoms with Crippen LogP contribution >= 0.6 is 0 Å². The molecule has 1 saturated carbocycles. The molecule has 1 aromatic rings. The Kier molecular flexibility index (Phi) is 2.78. The molecule has 88 valence electrons. The van der Waals surface area contributed by atoms with Gasteiger partial charge >= 0.3 is 0 Å². The molecule has 0 bridgehead atoms. The maximum absolute atomic E-state index is 12.7. The summed E-state index contributed by atoms with van der Waals surface area (Å²) in [6, 6.07) is 6.76. The second-order valence-corrected chi connectivity index (χ2v) is 6.74. The van der Waals surface area contributed by atoms with Crippen LogP contribution in [0.15, 0.2) is 29.2 Å². The fourth-order valence-electron chi connectivity index (χ4n) is 1.82. The molecule has 1 aliphatic carbocycles. The lowest BCUT2D eigenvalue weighted by atomic mass is 9.98. The average molecular weight is 242 g/mol. The summed E-state index contributed by atoms with van der Waals surface area (Å²) in [7, 11) is -3.13. The van der Waals surface area contributed by atoms with Crippen molar-refractivity contribution in [2.24, 2.45) is 5.41 Å². The van der Waals surface area contributed by atoms with Gasteiger partial charge in [0.15, 0.2) is 9.84 Å². The Morgan fingerprint density at radius 2 is 1.81 bits per heavy atom. The van der Waals surface area contributed by atoms with Crippen molar-refractivity contribution in [1.29, 1.82) is 0 Å². The zero-order chi connectivity index (χ0) is 11.8. The van der Waals surface area contributed by atoms with E-state index in [4.69, 9.17) is 0 Å². The fourth-order valence-corrected chi connectivity index (χ4v) is 2.45. The Morgan fingerprint density at radius 3 is 2.19 bits per heavy atom. The van der Waals surface area contributed by atoms with Gasteiger partial charge in [-0.1, -0.05) is 12.1 Å². The first-order valence-corrected chi connectivity index (χ1v) is 7.19. The largest absolute Gasteiger partial charge is 0.250 e. The smallest absolute Gasteiger partial charge is 0.175 e. The van der Waals surface area contributed by atoms with Crippen LogP contribution in [0.4, 0.5) is 4.39 Å². The third-order valence-electron chi connectivity index (χ3n) is 3.17. The van der Waals surface area contributed by atoms with E-state index < -0.39 is 9.84 Å². The molecule has 1 aliphatic rings. The van der Waals surface area contributed by atoms with Crippen LogP contribution in [0.3, 0.4) is 0 Å². The van der Waals surface area contributed by atoms with E-state index in [1.807, 2.05) is 0 Å². The normalized spacial score (nSPS) is 18.4. The highest BCUT2D eigenvalue weighted by atomic mass is 32.2. The van der Waals surface area contributed by atoms with Gasteiger partial charge in [0.25, 0.3) is 0 Å². The van der Waals surface area contributed by atoms with Gasteiger partial charge in [-0.3, -0.25) is 4.39 Å². The van der Waals surface area contributed by atoms with E-state index in [0.717, 1.165) is 18.4 Å². The van der Waals surface area contributed by atoms with Gasteiger partial charge in [-0.05, 0) is 37.0 Å². The summed E-state index contributed by atoms with van der Waals surface area (Å²) in [5.74, 6) is 0. The molecular weight excluding hydrogens is 227 g/mol. The van der Waals surface area contributed by atoms with Gasteiger partial charge in [0.05, 0.1) is 11.6 Å². The molecule has 1 aromatic carbocycles. The Balaban J connectivity index is 2.14. The Morgan fingerprint density at radius 1 is 1.25 bits per heavy atom. The molecule has 0 unspecified atom stereocenters. The highest BCUT2D eigenvalue weighted by Crippen LogP contribution is 2.48. The molecule has 0 amide bonds. The zero-order valence-electron chi connectivity index (χ0n) is 9.24. The second-order valence-electron chi connectivity index (χ2n) is 4.73. The minimum atomic E-state index is -3.13. The number of rotatable bonds is 4. The lowest BCUT2D eigenvalue weighted by Gasteiger charge is -2.10. The van der Waals surface area contributed by atoms with Crippen LogP contribution in [0.2, 0.25) is 0 Å². The maximum Gasteiger partial charge on any atom is 0.175 e. The van der Waals surface area contributed by atoms with Gasteiger partial charge in [-0.2, -0.15) is 0 Å². The van der Waals surface area contributed by atoms with Gasteiger partial charge in [-0.15, -0.1) is 0 Å². The summed E-state index contributed by atoms with van der Waals surface area (Å²) in [6.07, 6.45) is 3.79. The van der Waals surface area contributed by atoms with Crippen LogP contribution in [0.1, 0.15) is 18.4 Å². The van der Waals surface area contributed by atoms with Crippen molar-refractivity contribution in [3.63, 3.8) is 0 Å². The Labute approximate surface area is 95.4 Å². The molecule has 0 radical (unpaired) electrons. The summed E-state index contributed by atoms with van der Waals surface area (Å²) in [5, 5.41) is 0. The SMILES string of the molecule is CS(=O)(=O)c1ccc(CC2(CF)CC2)cc1. The lowest BCUT2D eigenvalue weighted by Crippen LogP contribution is -2.07. The molecule has 1 fully saturated rings. The average Bonchev–Trinajstić information content (AvgIpc) is 2.98. The van der Waals surface area contributed by atoms with Gasteiger partial charge in [-0.25, -0.2) is 8.42 Å². The summed E-state index contributed by atoms with van der Waals surface area (Å²) in [5.41, 5.74) is 0.870. The molecule has 2 nitrogen and oxygen atoms in total. The van der Waals surface area contributed by atoms with Gasteiger partial charge in [0, 0.05) is 11.7 Å². The fraction of sp³-hybridized carbons (Fsp3) is 0.500. The number of benzene rings is 1. The molecule has 0 saturated heterocycles. The molecule has 0 atom stereocenters. The van der Waals surface area contributed by atoms with Crippen molar-refractivity contribution >= 4 is 9.84 Å². The maximum atomic E-state index is 12.7. The van der Waals surface area contributed by atoms with Crippen LogP contribution in [0.25, 0.3) is 0 Å². The third kappa shape index (κ3) is 2.43. The van der Waals surface area contributed by atoms with Crippen LogP contribution in [-0.4, -0.2) is 21.3 Å². The first kappa shape index (κ1) is 11.6. The second kappa shape index (κ2) is 3.84. The molecule has 4 heteroatoms. The van der Waals surface area contributed by atoms with Crippen LogP contribution in [0, 0.1) is 5.41 Å². The highest BCUT2D eigenvalue weighted by Gasteiger charge is 2.42. The first-order chi connectivity index (χ1) is 7.45. The molecule has 0 spiro atoms. The summed E-state index contributed by atoms with van der Waals surface area (Å²) in [4.78, 5) is 0.321. The topological polar surface area (TPSA) is 34.1 Å². The van der Waals surface area contributed by atoms with Crippen molar-refractivity contribution < 1.29 is 12.8 Å². The predicted molar refractivity (Wildman–Crippen MR) is 60.9 cm³/mol. The van der Waals surface area contributed by atoms with Gasteiger partial charge in [0.2, 0.25) is 0 Å². The van der Waals surface area contributed by atoms with Gasteiger partial charge in [0.1, 0.15) is 0 Å². The van der Waals surface area contributed by atoms with Crippen LogP contribution in [0.5, 0.6) is 0 Å². The van der Waals surface area contributed by atoms with Crippen molar-refractivity contribution in [1.82, 2.24) is 0 Å². The molecular formula is C12H15FO2S. The summed E-state index contributed by atoms with van der Waals surface area (Å²) in [6.45, 7) is -0.277. The van der Waals surface area contributed by atoms with E-state index in [2.05, 4.69) is 0 Å². The minimum Gasteiger partial charge on any atom is -0.250 e. The number of sulfone groups is 1. The summed E-state index contributed by atoms with van der Waals surface area (Å²) < 4.78 is 35.2. The van der Waals surface area contributed by atoms with Crippen molar-refractivity contribution in [3.8, 4) is 0 Å². The molecule has 0 aromatic heterocycles. The van der Waals surface area contributed by atoms with E-state index in [9.17, 15) is 12.8 Å². The first-order valence-electron chi connectivity index (χ1n) is 5.30. The molecule has 0 heterocycles. The van der Waals surface area contributed by atoms with Crippen LogP contribution < -0.4 is 0 Å². The van der Waals surface area contributed by atoms with E-state index >= 15 is 0 Å². The van der Waals surface area contributed by atoms with Gasteiger partial charge < -0.3 is 0 Å². The number of alkyl halides is 1. The number of hydrogen-bond acceptors (Lipinski definition) is 2. The summed E-state index contributed by atoms with van der Waals surface area (Å²) >= 11 is 0. The third-order valence-corrected chi connectivity index (χ3v) is 4.30. The quantitative estimate of drug-likeness (QED) is 0.812. The Bertz CT molecular complexity index is 472. The lowest BCUT2D eigenvalue weighted by molar-refractivity contribution is 0.340. The van der Waals surface area contributed by atoms with E-state index in [-0.39, 0.29) is 12.1 Å². The molecule has 0 N–H and O–H groups in total. The monoisotopic (exact) mass is 242 g/mol. The standard InChI is InChI=1S/C12H15FO2S/c1-16(14,15)11-4-2-10(3-5-11)8-12(9-13)6-7-12/h2-5H,6-9H2,1H3. The molecule has 2 rings (SSSR count). The van der Waals surface area contributed by atoms with E-state index in [0.29, 0.717) is 11.3 Å². The van der Waals surface area contributed by atoms with E-state index in [1.165, 1.54) is 6.26 Å².